The Bertz CT molecular complexity index is 1110. The van der Waals surface area contributed by atoms with Crippen molar-refractivity contribution in [2.24, 2.45) is 0 Å². The standard InChI is InChI=1S/C23H21N3O2S2/c1-16-8-10-17(11-9-16)21-18(15-26(24-21)19-6-4-3-5-7-19)14-20-22(27)25(12-13-28-2)23(29)30-20/h3-11,14-15H,12-13H2,1-2H3/b20-14+. The van der Waals surface area contributed by atoms with Gasteiger partial charge in [-0.1, -0.05) is 72.0 Å². The maximum Gasteiger partial charge on any atom is 0.266 e. The van der Waals surface area contributed by atoms with Crippen molar-refractivity contribution >= 4 is 40.3 Å². The van der Waals surface area contributed by atoms with Crippen molar-refractivity contribution < 1.29 is 9.53 Å². The molecule has 152 valence electrons. The van der Waals surface area contributed by atoms with Crippen LogP contribution in [0, 0.1) is 6.92 Å². The van der Waals surface area contributed by atoms with E-state index in [0.29, 0.717) is 22.4 Å². The number of methoxy groups -OCH3 is 1. The van der Waals surface area contributed by atoms with Crippen molar-refractivity contribution in [3.63, 3.8) is 0 Å². The number of ether oxygens (including phenoxy) is 1. The van der Waals surface area contributed by atoms with E-state index in [9.17, 15) is 4.79 Å². The zero-order valence-corrected chi connectivity index (χ0v) is 18.4. The van der Waals surface area contributed by atoms with E-state index < -0.39 is 0 Å². The molecule has 0 spiro atoms. The molecule has 2 heterocycles. The van der Waals surface area contributed by atoms with Crippen LogP contribution >= 0.6 is 24.0 Å². The largest absolute Gasteiger partial charge is 0.383 e. The van der Waals surface area contributed by atoms with E-state index in [1.807, 2.05) is 59.4 Å². The van der Waals surface area contributed by atoms with Crippen molar-refractivity contribution in [2.75, 3.05) is 20.3 Å². The number of hydrogen-bond donors (Lipinski definition) is 0. The van der Waals surface area contributed by atoms with Gasteiger partial charge in [-0.25, -0.2) is 4.68 Å². The van der Waals surface area contributed by atoms with Gasteiger partial charge in [0.05, 0.1) is 29.4 Å². The second-order valence-electron chi connectivity index (χ2n) is 6.91. The van der Waals surface area contributed by atoms with Crippen molar-refractivity contribution in [2.45, 2.75) is 6.92 Å². The highest BCUT2D eigenvalue weighted by molar-refractivity contribution is 8.26. The lowest BCUT2D eigenvalue weighted by atomic mass is 10.1. The van der Waals surface area contributed by atoms with Crippen LogP contribution in [0.15, 0.2) is 65.7 Å². The fourth-order valence-electron chi connectivity index (χ4n) is 3.16. The number of benzene rings is 2. The highest BCUT2D eigenvalue weighted by Gasteiger charge is 2.32. The summed E-state index contributed by atoms with van der Waals surface area (Å²) in [6, 6.07) is 18.1. The predicted molar refractivity (Wildman–Crippen MR) is 125 cm³/mol. The molecule has 1 fully saturated rings. The molecule has 30 heavy (non-hydrogen) atoms. The van der Waals surface area contributed by atoms with Crippen LogP contribution in [-0.4, -0.2) is 45.2 Å². The minimum absolute atomic E-state index is 0.0932. The third-order valence-electron chi connectivity index (χ3n) is 4.77. The average Bonchev–Trinajstić information content (AvgIpc) is 3.29. The summed E-state index contributed by atoms with van der Waals surface area (Å²) in [5.74, 6) is -0.0932. The number of nitrogens with zero attached hydrogens (tertiary/aromatic N) is 3. The van der Waals surface area contributed by atoms with Crippen molar-refractivity contribution in [3.8, 4) is 16.9 Å². The fraction of sp³-hybridized carbons (Fsp3) is 0.174. The third kappa shape index (κ3) is 4.23. The molecule has 4 rings (SSSR count). The Morgan fingerprint density at radius 1 is 1.13 bits per heavy atom. The average molecular weight is 436 g/mol. The highest BCUT2D eigenvalue weighted by atomic mass is 32.2. The number of rotatable bonds is 6. The first-order valence-electron chi connectivity index (χ1n) is 9.53. The first-order valence-corrected chi connectivity index (χ1v) is 10.8. The lowest BCUT2D eigenvalue weighted by Gasteiger charge is -2.12. The van der Waals surface area contributed by atoms with Crippen molar-refractivity contribution in [1.29, 1.82) is 0 Å². The van der Waals surface area contributed by atoms with Gasteiger partial charge in [-0.2, -0.15) is 5.10 Å². The molecule has 1 saturated heterocycles. The molecule has 2 aromatic carbocycles. The number of para-hydroxylation sites is 1. The Labute approximate surface area is 185 Å². The van der Waals surface area contributed by atoms with Gasteiger partial charge in [0.1, 0.15) is 4.32 Å². The topological polar surface area (TPSA) is 47.4 Å². The number of thioether (sulfide) groups is 1. The molecule has 1 aliphatic heterocycles. The number of aryl methyl sites for hydroxylation is 1. The lowest BCUT2D eigenvalue weighted by Crippen LogP contribution is -2.31. The molecule has 0 unspecified atom stereocenters. The van der Waals surface area contributed by atoms with Crippen LogP contribution in [0.2, 0.25) is 0 Å². The Morgan fingerprint density at radius 2 is 1.87 bits per heavy atom. The van der Waals surface area contributed by atoms with Gasteiger partial charge in [-0.3, -0.25) is 9.69 Å². The smallest absolute Gasteiger partial charge is 0.266 e. The first-order chi connectivity index (χ1) is 14.6. The molecule has 0 saturated carbocycles. The van der Waals surface area contributed by atoms with Gasteiger partial charge in [0.15, 0.2) is 0 Å². The number of aromatic nitrogens is 2. The van der Waals surface area contributed by atoms with Crippen molar-refractivity contribution in [3.05, 3.63) is 76.8 Å². The lowest BCUT2D eigenvalue weighted by molar-refractivity contribution is -0.122. The molecular formula is C23H21N3O2S2. The second kappa shape index (κ2) is 8.95. The summed E-state index contributed by atoms with van der Waals surface area (Å²) in [6.45, 7) is 2.95. The second-order valence-corrected chi connectivity index (χ2v) is 8.58. The van der Waals surface area contributed by atoms with Gasteiger partial charge < -0.3 is 4.74 Å². The number of thiocarbonyl (C=S) groups is 1. The molecule has 1 amide bonds. The molecular weight excluding hydrogens is 414 g/mol. The summed E-state index contributed by atoms with van der Waals surface area (Å²) in [5, 5.41) is 4.82. The highest BCUT2D eigenvalue weighted by Crippen LogP contribution is 2.34. The number of hydrogen-bond acceptors (Lipinski definition) is 5. The SMILES string of the molecule is COCCN1C(=O)/C(=C\c2cn(-c3ccccc3)nc2-c2ccc(C)cc2)SC1=S. The number of carbonyl (C=O) groups excluding carboxylic acids is 1. The zero-order chi connectivity index (χ0) is 21.1. The van der Waals surface area contributed by atoms with Crippen molar-refractivity contribution in [1.82, 2.24) is 14.7 Å². The van der Waals surface area contributed by atoms with Crippen LogP contribution < -0.4 is 0 Å². The van der Waals surface area contributed by atoms with Crippen LogP contribution in [0.3, 0.4) is 0 Å². The van der Waals surface area contributed by atoms with Gasteiger partial charge >= 0.3 is 0 Å². The quantitative estimate of drug-likeness (QED) is 0.415. The van der Waals surface area contributed by atoms with E-state index in [1.54, 1.807) is 12.0 Å². The summed E-state index contributed by atoms with van der Waals surface area (Å²) >= 11 is 6.71. The first kappa shape index (κ1) is 20.5. The predicted octanol–water partition coefficient (Wildman–Crippen LogP) is 4.70. The van der Waals surface area contributed by atoms with Gasteiger partial charge in [0.2, 0.25) is 0 Å². The molecule has 0 radical (unpaired) electrons. The molecule has 0 atom stereocenters. The van der Waals surface area contributed by atoms with Gasteiger partial charge in [-0.05, 0) is 25.1 Å². The van der Waals surface area contributed by atoms with Crippen LogP contribution in [0.25, 0.3) is 23.0 Å². The summed E-state index contributed by atoms with van der Waals surface area (Å²) < 4.78 is 7.49. The maximum atomic E-state index is 12.9. The fourth-order valence-corrected chi connectivity index (χ4v) is 4.46. The van der Waals surface area contributed by atoms with E-state index in [-0.39, 0.29) is 5.91 Å². The van der Waals surface area contributed by atoms with Gasteiger partial charge in [0.25, 0.3) is 5.91 Å². The summed E-state index contributed by atoms with van der Waals surface area (Å²) in [7, 11) is 1.61. The van der Waals surface area contributed by atoms with Crippen LogP contribution in [0.1, 0.15) is 11.1 Å². The van der Waals surface area contributed by atoms with E-state index >= 15 is 0 Å². The Hall–Kier alpha value is -2.74. The van der Waals surface area contributed by atoms with Crippen LogP contribution in [0.5, 0.6) is 0 Å². The molecule has 0 N–H and O–H groups in total. The van der Waals surface area contributed by atoms with Gasteiger partial charge in [-0.15, -0.1) is 0 Å². The van der Waals surface area contributed by atoms with Crippen LogP contribution in [0.4, 0.5) is 0 Å². The van der Waals surface area contributed by atoms with Crippen LogP contribution in [-0.2, 0) is 9.53 Å². The minimum atomic E-state index is -0.0932. The minimum Gasteiger partial charge on any atom is -0.383 e. The monoisotopic (exact) mass is 435 g/mol. The van der Waals surface area contributed by atoms with Gasteiger partial charge in [0, 0.05) is 24.4 Å². The number of amides is 1. The Balaban J connectivity index is 1.76. The molecule has 5 nitrogen and oxygen atoms in total. The Morgan fingerprint density at radius 3 is 2.57 bits per heavy atom. The molecule has 3 aromatic rings. The number of carbonyl (C=O) groups is 1. The molecule has 7 heteroatoms. The summed E-state index contributed by atoms with van der Waals surface area (Å²) in [4.78, 5) is 15.0. The molecule has 1 aromatic heterocycles. The molecule has 1 aliphatic rings. The van der Waals surface area contributed by atoms with E-state index in [0.717, 1.165) is 22.5 Å². The van der Waals surface area contributed by atoms with E-state index in [2.05, 4.69) is 19.1 Å². The maximum absolute atomic E-state index is 12.9. The zero-order valence-electron chi connectivity index (χ0n) is 16.7. The summed E-state index contributed by atoms with van der Waals surface area (Å²) in [6.07, 6.45) is 3.83. The summed E-state index contributed by atoms with van der Waals surface area (Å²) in [5.41, 5.74) is 4.83. The van der Waals surface area contributed by atoms with E-state index in [1.165, 1.54) is 17.3 Å². The molecule has 0 aliphatic carbocycles. The Kier molecular flexibility index (Phi) is 6.13. The normalized spacial score (nSPS) is 15.4. The molecule has 0 bridgehead atoms. The van der Waals surface area contributed by atoms with E-state index in [4.69, 9.17) is 22.1 Å². The third-order valence-corrected chi connectivity index (χ3v) is 6.15.